The number of rotatable bonds is 6. The number of carbonyl (C=O) groups is 2. The first-order valence-electron chi connectivity index (χ1n) is 8.40. The highest BCUT2D eigenvalue weighted by molar-refractivity contribution is 5.98. The standard InChI is InChI=1S/C20H18F4N2O2/c1-2-26(19(28)12-11-14-7-3-5-9-16(14)21)13-18(27)25-17-10-6-4-8-15(17)20(22,23)24/h3-12H,2,13H2,1H3,(H,25,27)/b12-11+. The van der Waals surface area contributed by atoms with Crippen molar-refractivity contribution in [3.8, 4) is 0 Å². The molecule has 8 heteroatoms. The van der Waals surface area contributed by atoms with Gasteiger partial charge >= 0.3 is 6.18 Å². The number of halogens is 4. The Hall–Kier alpha value is -3.16. The molecule has 4 nitrogen and oxygen atoms in total. The predicted octanol–water partition coefficient (Wildman–Crippen LogP) is 4.34. The van der Waals surface area contributed by atoms with Crippen LogP contribution in [0.25, 0.3) is 6.08 Å². The Labute approximate surface area is 159 Å². The summed E-state index contributed by atoms with van der Waals surface area (Å²) in [4.78, 5) is 25.5. The molecule has 0 heterocycles. The second-order valence-electron chi connectivity index (χ2n) is 5.80. The van der Waals surface area contributed by atoms with Crippen LogP contribution in [0.3, 0.4) is 0 Å². The summed E-state index contributed by atoms with van der Waals surface area (Å²) in [5.41, 5.74) is -1.15. The minimum Gasteiger partial charge on any atom is -0.330 e. The van der Waals surface area contributed by atoms with Crippen LogP contribution in [0.4, 0.5) is 23.2 Å². The van der Waals surface area contributed by atoms with E-state index in [0.717, 1.165) is 23.1 Å². The number of carbonyl (C=O) groups excluding carboxylic acids is 2. The Morgan fingerprint density at radius 1 is 1.07 bits per heavy atom. The molecule has 0 radical (unpaired) electrons. The largest absolute Gasteiger partial charge is 0.418 e. The van der Waals surface area contributed by atoms with Crippen molar-refractivity contribution in [2.45, 2.75) is 13.1 Å². The second-order valence-corrected chi connectivity index (χ2v) is 5.80. The fraction of sp³-hybridized carbons (Fsp3) is 0.200. The predicted molar refractivity (Wildman–Crippen MR) is 97.8 cm³/mol. The highest BCUT2D eigenvalue weighted by Gasteiger charge is 2.33. The number of hydrogen-bond donors (Lipinski definition) is 1. The zero-order valence-corrected chi connectivity index (χ0v) is 15.0. The molecule has 0 bridgehead atoms. The lowest BCUT2D eigenvalue weighted by atomic mass is 10.1. The molecule has 0 spiro atoms. The quantitative estimate of drug-likeness (QED) is 0.585. The first-order chi connectivity index (χ1) is 13.2. The molecule has 0 aliphatic carbocycles. The van der Waals surface area contributed by atoms with Crippen LogP contribution in [0.15, 0.2) is 54.6 Å². The Morgan fingerprint density at radius 3 is 2.36 bits per heavy atom. The molecule has 0 aromatic heterocycles. The van der Waals surface area contributed by atoms with Crippen LogP contribution in [-0.4, -0.2) is 29.8 Å². The molecule has 2 aromatic rings. The highest BCUT2D eigenvalue weighted by Crippen LogP contribution is 2.34. The number of amides is 2. The zero-order valence-electron chi connectivity index (χ0n) is 15.0. The molecule has 148 valence electrons. The normalized spacial score (nSPS) is 11.5. The van der Waals surface area contributed by atoms with Crippen molar-refractivity contribution in [3.63, 3.8) is 0 Å². The number of anilines is 1. The molecule has 1 N–H and O–H groups in total. The average molecular weight is 394 g/mol. The number of likely N-dealkylation sites (N-methyl/N-ethyl adjacent to an activating group) is 1. The summed E-state index contributed by atoms with van der Waals surface area (Å²) in [6.07, 6.45) is -2.23. The van der Waals surface area contributed by atoms with Gasteiger partial charge in [-0.05, 0) is 31.2 Å². The minimum absolute atomic E-state index is 0.148. The second kappa shape index (κ2) is 9.16. The third-order valence-electron chi connectivity index (χ3n) is 3.85. The molecule has 28 heavy (non-hydrogen) atoms. The topological polar surface area (TPSA) is 49.4 Å². The summed E-state index contributed by atoms with van der Waals surface area (Å²) < 4.78 is 52.6. The smallest absolute Gasteiger partial charge is 0.330 e. The van der Waals surface area contributed by atoms with Gasteiger partial charge in [0.1, 0.15) is 12.4 Å². The maximum atomic E-state index is 13.6. The number of nitrogens with zero attached hydrogens (tertiary/aromatic N) is 1. The maximum absolute atomic E-state index is 13.6. The van der Waals surface area contributed by atoms with Crippen LogP contribution in [0.1, 0.15) is 18.1 Å². The summed E-state index contributed by atoms with van der Waals surface area (Å²) in [6.45, 7) is 1.32. The van der Waals surface area contributed by atoms with E-state index >= 15 is 0 Å². The van der Waals surface area contributed by atoms with E-state index in [2.05, 4.69) is 5.32 Å². The van der Waals surface area contributed by atoms with Crippen molar-refractivity contribution in [1.82, 2.24) is 4.90 Å². The van der Waals surface area contributed by atoms with E-state index in [0.29, 0.717) is 0 Å². The van der Waals surface area contributed by atoms with E-state index in [1.807, 2.05) is 0 Å². The summed E-state index contributed by atoms with van der Waals surface area (Å²) in [5, 5.41) is 2.18. The molecular weight excluding hydrogens is 376 g/mol. The third-order valence-corrected chi connectivity index (χ3v) is 3.85. The molecule has 2 amide bonds. The molecule has 0 saturated carbocycles. The molecule has 0 fully saturated rings. The van der Waals surface area contributed by atoms with Gasteiger partial charge in [-0.2, -0.15) is 13.2 Å². The van der Waals surface area contributed by atoms with Crippen molar-refractivity contribution < 1.29 is 27.2 Å². The lowest BCUT2D eigenvalue weighted by Crippen LogP contribution is -2.37. The van der Waals surface area contributed by atoms with E-state index in [1.165, 1.54) is 36.4 Å². The molecule has 0 aliphatic rings. The number of alkyl halides is 3. The van der Waals surface area contributed by atoms with E-state index in [-0.39, 0.29) is 17.8 Å². The molecule has 0 saturated heterocycles. The Morgan fingerprint density at radius 2 is 1.71 bits per heavy atom. The van der Waals surface area contributed by atoms with Gasteiger partial charge in [0.15, 0.2) is 0 Å². The monoisotopic (exact) mass is 394 g/mol. The summed E-state index contributed by atoms with van der Waals surface area (Å²) >= 11 is 0. The van der Waals surface area contributed by atoms with Crippen LogP contribution in [0.5, 0.6) is 0 Å². The van der Waals surface area contributed by atoms with E-state index in [9.17, 15) is 27.2 Å². The number of hydrogen-bond acceptors (Lipinski definition) is 2. The van der Waals surface area contributed by atoms with Gasteiger partial charge in [0.2, 0.25) is 11.8 Å². The van der Waals surface area contributed by atoms with Gasteiger partial charge in [0, 0.05) is 18.2 Å². The van der Waals surface area contributed by atoms with Gasteiger partial charge in [-0.25, -0.2) is 4.39 Å². The molecule has 0 unspecified atom stereocenters. The lowest BCUT2D eigenvalue weighted by molar-refractivity contribution is -0.137. The van der Waals surface area contributed by atoms with Gasteiger partial charge in [0.05, 0.1) is 11.3 Å². The lowest BCUT2D eigenvalue weighted by Gasteiger charge is -2.19. The van der Waals surface area contributed by atoms with Gasteiger partial charge in [-0.15, -0.1) is 0 Å². The molecule has 0 aliphatic heterocycles. The summed E-state index contributed by atoms with van der Waals surface area (Å²) in [6, 6.07) is 10.4. The number of nitrogens with one attached hydrogen (secondary N) is 1. The van der Waals surface area contributed by atoms with Crippen LogP contribution < -0.4 is 5.32 Å². The average Bonchev–Trinajstić information content (AvgIpc) is 2.64. The van der Waals surface area contributed by atoms with E-state index < -0.39 is 35.9 Å². The minimum atomic E-state index is -4.62. The van der Waals surface area contributed by atoms with E-state index in [4.69, 9.17) is 0 Å². The van der Waals surface area contributed by atoms with Gasteiger partial charge in [-0.3, -0.25) is 9.59 Å². The van der Waals surface area contributed by atoms with Crippen molar-refractivity contribution in [1.29, 1.82) is 0 Å². The van der Waals surface area contributed by atoms with Crippen LogP contribution in [-0.2, 0) is 15.8 Å². The van der Waals surface area contributed by atoms with Gasteiger partial charge < -0.3 is 10.2 Å². The van der Waals surface area contributed by atoms with Crippen molar-refractivity contribution in [2.24, 2.45) is 0 Å². The fourth-order valence-corrected chi connectivity index (χ4v) is 2.42. The molecular formula is C20H18F4N2O2. The van der Waals surface area contributed by atoms with Gasteiger partial charge in [0.25, 0.3) is 0 Å². The SMILES string of the molecule is CCN(CC(=O)Nc1ccccc1C(F)(F)F)C(=O)/C=C/c1ccccc1F. The summed E-state index contributed by atoms with van der Waals surface area (Å²) in [5.74, 6) is -1.84. The number of benzene rings is 2. The fourth-order valence-electron chi connectivity index (χ4n) is 2.42. The van der Waals surface area contributed by atoms with E-state index in [1.54, 1.807) is 13.0 Å². The van der Waals surface area contributed by atoms with Crippen molar-refractivity contribution in [2.75, 3.05) is 18.4 Å². The van der Waals surface area contributed by atoms with Crippen LogP contribution >= 0.6 is 0 Å². The van der Waals surface area contributed by atoms with Gasteiger partial charge in [-0.1, -0.05) is 30.3 Å². The van der Waals surface area contributed by atoms with Crippen molar-refractivity contribution in [3.05, 3.63) is 71.6 Å². The first kappa shape index (κ1) is 21.1. The Kier molecular flexibility index (Phi) is 6.92. The maximum Gasteiger partial charge on any atom is 0.418 e. The molecule has 2 aromatic carbocycles. The Bertz CT molecular complexity index is 879. The first-order valence-corrected chi connectivity index (χ1v) is 8.40. The number of para-hydroxylation sites is 1. The molecule has 2 rings (SSSR count). The third kappa shape index (κ3) is 5.67. The summed E-state index contributed by atoms with van der Waals surface area (Å²) in [7, 11) is 0. The van der Waals surface area contributed by atoms with Crippen LogP contribution in [0, 0.1) is 5.82 Å². The highest BCUT2D eigenvalue weighted by atomic mass is 19.4. The Balaban J connectivity index is 2.06. The molecule has 0 atom stereocenters. The van der Waals surface area contributed by atoms with Crippen molar-refractivity contribution >= 4 is 23.6 Å². The zero-order chi connectivity index (χ0) is 20.7. The van der Waals surface area contributed by atoms with Crippen LogP contribution in [0.2, 0.25) is 0 Å².